The van der Waals surface area contributed by atoms with E-state index in [0.717, 1.165) is 71.7 Å². The molecule has 2 heterocycles. The lowest BCUT2D eigenvalue weighted by Crippen LogP contribution is -2.00. The maximum absolute atomic E-state index is 9.70. The highest BCUT2D eigenvalue weighted by molar-refractivity contribution is 6.13. The van der Waals surface area contributed by atoms with Gasteiger partial charge in [-0.05, 0) is 74.5 Å². The van der Waals surface area contributed by atoms with Crippen LogP contribution in [0.15, 0.2) is 186 Å². The Morgan fingerprint density at radius 2 is 1.00 bits per heavy atom. The molecule has 0 radical (unpaired) electrons. The van der Waals surface area contributed by atoms with Crippen molar-refractivity contribution in [3.63, 3.8) is 0 Å². The first-order chi connectivity index (χ1) is 27.2. The number of hydrogen-bond donors (Lipinski definition) is 0. The Bertz CT molecular complexity index is 3100. The fourth-order valence-electron chi connectivity index (χ4n) is 7.51. The number of rotatable bonds is 6. The fourth-order valence-corrected chi connectivity index (χ4v) is 7.51. The van der Waals surface area contributed by atoms with Gasteiger partial charge in [0.05, 0.1) is 11.6 Å². The minimum Gasteiger partial charge on any atom is -0.456 e. The van der Waals surface area contributed by atoms with E-state index in [4.69, 9.17) is 19.4 Å². The molecule has 5 heteroatoms. The molecule has 0 aliphatic heterocycles. The van der Waals surface area contributed by atoms with Crippen LogP contribution in [0.1, 0.15) is 5.56 Å². The largest absolute Gasteiger partial charge is 0.456 e. The van der Waals surface area contributed by atoms with Crippen LogP contribution in [-0.2, 0) is 0 Å². The zero-order valence-electron chi connectivity index (χ0n) is 29.5. The van der Waals surface area contributed by atoms with E-state index in [1.165, 1.54) is 11.1 Å². The lowest BCUT2D eigenvalue weighted by Gasteiger charge is -2.11. The summed E-state index contributed by atoms with van der Waals surface area (Å²) in [4.78, 5) is 15.2. The Labute approximate surface area is 317 Å². The first-order valence-corrected chi connectivity index (χ1v) is 18.2. The van der Waals surface area contributed by atoms with Crippen molar-refractivity contribution in [3.05, 3.63) is 188 Å². The summed E-state index contributed by atoms with van der Waals surface area (Å²) in [5.74, 6) is 1.68. The molecular formula is C50H30N4O. The molecule has 2 aromatic heterocycles. The van der Waals surface area contributed by atoms with Crippen molar-refractivity contribution in [3.8, 4) is 73.6 Å². The van der Waals surface area contributed by atoms with Crippen molar-refractivity contribution in [2.75, 3.05) is 0 Å². The van der Waals surface area contributed by atoms with E-state index in [9.17, 15) is 5.26 Å². The third-order valence-electron chi connectivity index (χ3n) is 10.2. The van der Waals surface area contributed by atoms with E-state index in [-0.39, 0.29) is 0 Å². The summed E-state index contributed by atoms with van der Waals surface area (Å²) in [5, 5.41) is 14.0. The SMILES string of the molecule is N#Cc1ccccc1-c1ccc(-c2nc(-c3ccc4c(c3)oc3cccc(-c5cccc(-c6ccccc6)c5)c34)nc(-c3cccc4ccccc34)n2)cc1. The number of benzene rings is 8. The quantitative estimate of drug-likeness (QED) is 0.172. The van der Waals surface area contributed by atoms with Crippen molar-refractivity contribution < 1.29 is 4.42 Å². The molecule has 0 spiro atoms. The molecule has 0 saturated carbocycles. The molecule has 0 fully saturated rings. The average Bonchev–Trinajstić information content (AvgIpc) is 3.65. The van der Waals surface area contributed by atoms with Crippen molar-refractivity contribution in [1.29, 1.82) is 5.26 Å². The molecule has 0 bridgehead atoms. The van der Waals surface area contributed by atoms with Crippen molar-refractivity contribution in [2.24, 2.45) is 0 Å². The lowest BCUT2D eigenvalue weighted by atomic mass is 9.96. The third-order valence-corrected chi connectivity index (χ3v) is 10.2. The summed E-state index contributed by atoms with van der Waals surface area (Å²) >= 11 is 0. The maximum Gasteiger partial charge on any atom is 0.164 e. The van der Waals surface area contributed by atoms with Gasteiger partial charge in [0.25, 0.3) is 0 Å². The summed E-state index contributed by atoms with van der Waals surface area (Å²) in [6.45, 7) is 0. The zero-order chi connectivity index (χ0) is 36.7. The van der Waals surface area contributed by atoms with Gasteiger partial charge in [-0.1, -0.05) is 152 Å². The molecule has 0 aliphatic carbocycles. The molecule has 0 atom stereocenters. The minimum atomic E-state index is 0.546. The van der Waals surface area contributed by atoms with Gasteiger partial charge in [0, 0.05) is 27.5 Å². The highest BCUT2D eigenvalue weighted by atomic mass is 16.3. The molecule has 256 valence electrons. The summed E-state index contributed by atoms with van der Waals surface area (Å²) in [6.07, 6.45) is 0. The number of aromatic nitrogens is 3. The smallest absolute Gasteiger partial charge is 0.164 e. The molecule has 0 N–H and O–H groups in total. The van der Waals surface area contributed by atoms with Crippen LogP contribution in [-0.4, -0.2) is 15.0 Å². The second-order valence-corrected chi connectivity index (χ2v) is 13.5. The Morgan fingerprint density at radius 1 is 0.382 bits per heavy atom. The molecule has 8 aromatic carbocycles. The lowest BCUT2D eigenvalue weighted by molar-refractivity contribution is 0.669. The normalized spacial score (nSPS) is 11.3. The Morgan fingerprint density at radius 3 is 1.87 bits per heavy atom. The van der Waals surface area contributed by atoms with Gasteiger partial charge in [-0.3, -0.25) is 0 Å². The van der Waals surface area contributed by atoms with Crippen LogP contribution < -0.4 is 0 Å². The van der Waals surface area contributed by atoms with Crippen LogP contribution >= 0.6 is 0 Å². The highest BCUT2D eigenvalue weighted by Gasteiger charge is 2.18. The van der Waals surface area contributed by atoms with E-state index in [2.05, 4.69) is 103 Å². The molecule has 0 unspecified atom stereocenters. The van der Waals surface area contributed by atoms with Crippen LogP contribution in [0.2, 0.25) is 0 Å². The fraction of sp³-hybridized carbons (Fsp3) is 0. The topological polar surface area (TPSA) is 75.6 Å². The second kappa shape index (κ2) is 13.4. The number of hydrogen-bond acceptors (Lipinski definition) is 5. The average molecular weight is 703 g/mol. The highest BCUT2D eigenvalue weighted by Crippen LogP contribution is 2.39. The second-order valence-electron chi connectivity index (χ2n) is 13.5. The third kappa shape index (κ3) is 5.79. The van der Waals surface area contributed by atoms with E-state index in [0.29, 0.717) is 23.0 Å². The summed E-state index contributed by atoms with van der Waals surface area (Å²) in [7, 11) is 0. The van der Waals surface area contributed by atoms with Crippen molar-refractivity contribution in [1.82, 2.24) is 15.0 Å². The van der Waals surface area contributed by atoms with Gasteiger partial charge >= 0.3 is 0 Å². The van der Waals surface area contributed by atoms with Gasteiger partial charge in [0.15, 0.2) is 17.5 Å². The number of nitriles is 1. The van der Waals surface area contributed by atoms with Gasteiger partial charge in [-0.15, -0.1) is 0 Å². The first-order valence-electron chi connectivity index (χ1n) is 18.2. The molecule has 10 rings (SSSR count). The van der Waals surface area contributed by atoms with E-state index < -0.39 is 0 Å². The number of fused-ring (bicyclic) bond motifs is 4. The van der Waals surface area contributed by atoms with Gasteiger partial charge in [0.1, 0.15) is 11.2 Å². The van der Waals surface area contributed by atoms with Crippen molar-refractivity contribution >= 4 is 32.7 Å². The molecule has 0 saturated heterocycles. The van der Waals surface area contributed by atoms with Gasteiger partial charge in [0.2, 0.25) is 0 Å². The van der Waals surface area contributed by atoms with Gasteiger partial charge < -0.3 is 4.42 Å². The molecule has 5 nitrogen and oxygen atoms in total. The van der Waals surface area contributed by atoms with Crippen LogP contribution in [0.5, 0.6) is 0 Å². The molecule has 10 aromatic rings. The molecule has 0 aliphatic rings. The van der Waals surface area contributed by atoms with E-state index in [1.54, 1.807) is 0 Å². The zero-order valence-corrected chi connectivity index (χ0v) is 29.5. The van der Waals surface area contributed by atoms with Crippen LogP contribution in [0.3, 0.4) is 0 Å². The number of nitrogens with zero attached hydrogens (tertiary/aromatic N) is 4. The molecule has 55 heavy (non-hydrogen) atoms. The van der Waals surface area contributed by atoms with E-state index >= 15 is 0 Å². The Balaban J connectivity index is 1.11. The predicted octanol–water partition coefficient (Wildman–Crippen LogP) is 12.8. The van der Waals surface area contributed by atoms with Crippen LogP contribution in [0, 0.1) is 11.3 Å². The summed E-state index contributed by atoms with van der Waals surface area (Å²) < 4.78 is 6.56. The van der Waals surface area contributed by atoms with Crippen LogP contribution in [0.4, 0.5) is 0 Å². The molecular weight excluding hydrogens is 673 g/mol. The summed E-state index contributed by atoms with van der Waals surface area (Å²) in [5.41, 5.74) is 11.2. The Kier molecular flexibility index (Phi) is 7.79. The maximum atomic E-state index is 9.70. The minimum absolute atomic E-state index is 0.546. The van der Waals surface area contributed by atoms with Crippen LogP contribution in [0.25, 0.3) is 100 Å². The standard InChI is InChI=1S/C50H30N4O/c51-31-39-14-5-6-18-40(39)34-23-25-35(26-24-34)48-52-49(54-50(53-48)43-21-9-15-33-13-4-7-19-41(33)43)38-27-28-44-46(30-38)55-45-22-10-20-42(47(44)45)37-17-8-16-36(29-37)32-11-2-1-3-12-32/h1-30H. The Hall–Kier alpha value is -7.68. The summed E-state index contributed by atoms with van der Waals surface area (Å²) in [6, 6.07) is 64.0. The number of furan rings is 1. The van der Waals surface area contributed by atoms with Crippen molar-refractivity contribution in [2.45, 2.75) is 0 Å². The first kappa shape index (κ1) is 32.0. The monoisotopic (exact) mass is 702 g/mol. The van der Waals surface area contributed by atoms with Gasteiger partial charge in [-0.25, -0.2) is 15.0 Å². The predicted molar refractivity (Wildman–Crippen MR) is 222 cm³/mol. The van der Waals surface area contributed by atoms with E-state index in [1.807, 2.05) is 84.9 Å². The molecule has 0 amide bonds. The van der Waals surface area contributed by atoms with Gasteiger partial charge in [-0.2, -0.15) is 5.26 Å².